The van der Waals surface area contributed by atoms with Crippen molar-refractivity contribution >= 4 is 39.0 Å². The lowest BCUT2D eigenvalue weighted by atomic mass is 10.1. The lowest BCUT2D eigenvalue weighted by molar-refractivity contribution is -0.145. The molecule has 0 radical (unpaired) electrons. The number of carbonyl (C=O) groups excluding carboxylic acids is 1. The second-order valence-corrected chi connectivity index (χ2v) is 8.93. The van der Waals surface area contributed by atoms with Crippen LogP contribution in [0.5, 0.6) is 11.5 Å². The molecule has 4 rings (SSSR count). The van der Waals surface area contributed by atoms with Crippen molar-refractivity contribution in [2.75, 3.05) is 20.3 Å². The van der Waals surface area contributed by atoms with E-state index in [-0.39, 0.29) is 34.9 Å². The summed E-state index contributed by atoms with van der Waals surface area (Å²) in [5.74, 6) is -0.304. The molecule has 0 atom stereocenters. The summed E-state index contributed by atoms with van der Waals surface area (Å²) < 4.78 is 57.7. The fourth-order valence-corrected chi connectivity index (χ4v) is 4.15. The number of para-hydroxylation sites is 1. The van der Waals surface area contributed by atoms with Gasteiger partial charge in [0.25, 0.3) is 5.56 Å². The Balaban J connectivity index is 1.88. The Morgan fingerprint density at radius 3 is 2.62 bits per heavy atom. The molecule has 0 N–H and O–H groups in total. The van der Waals surface area contributed by atoms with Gasteiger partial charge in [0.15, 0.2) is 23.9 Å². The normalized spacial score (nSPS) is 11.6. The van der Waals surface area contributed by atoms with Crippen LogP contribution in [0.1, 0.15) is 18.1 Å². The number of halogens is 4. The minimum absolute atomic E-state index is 0.0374. The smallest absolute Gasteiger partial charge is 0.416 e. The average Bonchev–Trinajstić information content (AvgIpc) is 2.91. The summed E-state index contributed by atoms with van der Waals surface area (Å²) in [5, 5.41) is 4.52. The van der Waals surface area contributed by atoms with Crippen LogP contribution in [0.25, 0.3) is 22.3 Å². The molecule has 0 unspecified atom stereocenters. The van der Waals surface area contributed by atoms with Gasteiger partial charge >= 0.3 is 12.1 Å². The highest BCUT2D eigenvalue weighted by atomic mass is 79.9. The number of aromatic nitrogens is 2. The van der Waals surface area contributed by atoms with Crippen LogP contribution >= 0.6 is 15.9 Å². The minimum atomic E-state index is -4.60. The number of benzene rings is 3. The van der Waals surface area contributed by atoms with E-state index in [0.29, 0.717) is 15.6 Å². The molecular weight excluding hydrogens is 583 g/mol. The number of carbonyl (C=O) groups is 1. The predicted octanol–water partition coefficient (Wildman–Crippen LogP) is 5.68. The maximum atomic E-state index is 13.4. The SMILES string of the molecule is CCOC(=O)COc1c(C=Nn2c(-c3cccc(C(F)(F)F)c3)nc3ccccc3c2=O)cc(Br)cc1OC. The summed E-state index contributed by atoms with van der Waals surface area (Å²) >= 11 is 3.37. The van der Waals surface area contributed by atoms with E-state index in [0.717, 1.165) is 16.8 Å². The zero-order chi connectivity index (χ0) is 28.2. The Kier molecular flexibility index (Phi) is 8.34. The summed E-state index contributed by atoms with van der Waals surface area (Å²) in [6.07, 6.45) is -3.33. The van der Waals surface area contributed by atoms with Crippen LogP contribution in [0.15, 0.2) is 75.0 Å². The van der Waals surface area contributed by atoms with E-state index in [4.69, 9.17) is 14.2 Å². The van der Waals surface area contributed by atoms with Gasteiger partial charge in [-0.2, -0.15) is 22.9 Å². The van der Waals surface area contributed by atoms with Crippen molar-refractivity contribution in [1.29, 1.82) is 0 Å². The number of esters is 1. The van der Waals surface area contributed by atoms with Crippen LogP contribution in [-0.4, -0.2) is 42.2 Å². The first-order valence-electron chi connectivity index (χ1n) is 11.5. The van der Waals surface area contributed by atoms with Gasteiger partial charge in [-0.1, -0.05) is 40.2 Å². The lowest BCUT2D eigenvalue weighted by Gasteiger charge is -2.14. The van der Waals surface area contributed by atoms with Crippen molar-refractivity contribution in [1.82, 2.24) is 9.66 Å². The van der Waals surface area contributed by atoms with Gasteiger partial charge in [0.05, 0.1) is 36.4 Å². The molecule has 0 aliphatic carbocycles. The zero-order valence-corrected chi connectivity index (χ0v) is 22.2. The Labute approximate surface area is 228 Å². The lowest BCUT2D eigenvalue weighted by Crippen LogP contribution is -2.20. The molecule has 0 aliphatic heterocycles. The molecule has 0 saturated heterocycles. The molecule has 39 heavy (non-hydrogen) atoms. The first kappa shape index (κ1) is 27.8. The fourth-order valence-electron chi connectivity index (χ4n) is 3.70. The zero-order valence-electron chi connectivity index (χ0n) is 20.7. The number of methoxy groups -OCH3 is 1. The Bertz CT molecular complexity index is 1620. The highest BCUT2D eigenvalue weighted by Gasteiger charge is 2.31. The Morgan fingerprint density at radius 2 is 1.90 bits per heavy atom. The summed E-state index contributed by atoms with van der Waals surface area (Å²) in [7, 11) is 1.41. The van der Waals surface area contributed by atoms with E-state index in [9.17, 15) is 22.8 Å². The number of hydrogen-bond acceptors (Lipinski definition) is 7. The van der Waals surface area contributed by atoms with Gasteiger partial charge in [0.1, 0.15) is 0 Å². The molecule has 12 heteroatoms. The molecule has 0 bridgehead atoms. The van der Waals surface area contributed by atoms with E-state index < -0.39 is 29.9 Å². The van der Waals surface area contributed by atoms with E-state index in [1.165, 1.54) is 25.5 Å². The molecule has 0 amide bonds. The maximum absolute atomic E-state index is 13.4. The molecule has 8 nitrogen and oxygen atoms in total. The van der Waals surface area contributed by atoms with Crippen LogP contribution < -0.4 is 15.0 Å². The Hall–Kier alpha value is -4.19. The molecule has 0 fully saturated rings. The van der Waals surface area contributed by atoms with Crippen LogP contribution in [0, 0.1) is 0 Å². The van der Waals surface area contributed by atoms with Crippen molar-refractivity contribution in [2.45, 2.75) is 13.1 Å². The number of ether oxygens (including phenoxy) is 3. The standard InChI is InChI=1S/C27H21BrF3N3O5/c1-3-38-23(35)15-39-24-17(12-19(28)13-22(24)37-2)14-32-34-25(16-7-6-8-18(11-16)27(29,30)31)33-21-10-5-4-9-20(21)26(34)36/h4-14H,3,15H2,1-2H3. The highest BCUT2D eigenvalue weighted by Crippen LogP contribution is 2.35. The van der Waals surface area contributed by atoms with Crippen LogP contribution in [0.4, 0.5) is 13.2 Å². The fraction of sp³-hybridized carbons (Fsp3) is 0.185. The third-order valence-corrected chi connectivity index (χ3v) is 5.88. The predicted molar refractivity (Wildman–Crippen MR) is 142 cm³/mol. The number of fused-ring (bicyclic) bond motifs is 1. The van der Waals surface area contributed by atoms with Gasteiger partial charge in [-0.05, 0) is 43.3 Å². The molecular formula is C27H21BrF3N3O5. The summed E-state index contributed by atoms with van der Waals surface area (Å²) in [5.41, 5.74) is -0.857. The number of hydrogen-bond donors (Lipinski definition) is 0. The molecule has 0 saturated carbocycles. The molecule has 0 spiro atoms. The summed E-state index contributed by atoms with van der Waals surface area (Å²) in [6, 6.07) is 14.1. The van der Waals surface area contributed by atoms with Crippen molar-refractivity contribution < 1.29 is 32.2 Å². The third kappa shape index (κ3) is 6.28. The second kappa shape index (κ2) is 11.7. The van der Waals surface area contributed by atoms with Gasteiger partial charge in [-0.3, -0.25) is 4.79 Å². The molecule has 3 aromatic carbocycles. The van der Waals surface area contributed by atoms with Crippen molar-refractivity contribution in [3.05, 3.63) is 86.6 Å². The molecule has 1 heterocycles. The maximum Gasteiger partial charge on any atom is 0.416 e. The molecule has 4 aromatic rings. The van der Waals surface area contributed by atoms with Crippen molar-refractivity contribution in [2.24, 2.45) is 5.10 Å². The van der Waals surface area contributed by atoms with E-state index >= 15 is 0 Å². The average molecular weight is 604 g/mol. The van der Waals surface area contributed by atoms with Crippen molar-refractivity contribution in [3.8, 4) is 22.9 Å². The van der Waals surface area contributed by atoms with Crippen LogP contribution in [-0.2, 0) is 15.7 Å². The third-order valence-electron chi connectivity index (χ3n) is 5.42. The van der Waals surface area contributed by atoms with E-state index in [1.807, 2.05) is 0 Å². The summed E-state index contributed by atoms with van der Waals surface area (Å²) in [4.78, 5) is 29.8. The van der Waals surface area contributed by atoms with Gasteiger partial charge in [0, 0.05) is 15.6 Å². The van der Waals surface area contributed by atoms with Gasteiger partial charge in [-0.25, -0.2) is 9.78 Å². The van der Waals surface area contributed by atoms with Crippen LogP contribution in [0.2, 0.25) is 0 Å². The van der Waals surface area contributed by atoms with Gasteiger partial charge in [0.2, 0.25) is 0 Å². The minimum Gasteiger partial charge on any atom is -0.493 e. The topological polar surface area (TPSA) is 92.0 Å². The van der Waals surface area contributed by atoms with E-state index in [2.05, 4.69) is 26.0 Å². The second-order valence-electron chi connectivity index (χ2n) is 8.01. The first-order valence-corrected chi connectivity index (χ1v) is 12.3. The quantitative estimate of drug-likeness (QED) is 0.190. The summed E-state index contributed by atoms with van der Waals surface area (Å²) in [6.45, 7) is 1.41. The monoisotopic (exact) mass is 603 g/mol. The van der Waals surface area contributed by atoms with E-state index in [1.54, 1.807) is 43.3 Å². The number of rotatable bonds is 8. The molecule has 1 aromatic heterocycles. The largest absolute Gasteiger partial charge is 0.493 e. The highest BCUT2D eigenvalue weighted by molar-refractivity contribution is 9.10. The molecule has 0 aliphatic rings. The van der Waals surface area contributed by atoms with Crippen molar-refractivity contribution in [3.63, 3.8) is 0 Å². The number of nitrogens with zero attached hydrogens (tertiary/aromatic N) is 3. The van der Waals surface area contributed by atoms with Gasteiger partial charge in [-0.15, -0.1) is 0 Å². The van der Waals surface area contributed by atoms with Gasteiger partial charge < -0.3 is 14.2 Å². The van der Waals surface area contributed by atoms with Crippen LogP contribution in [0.3, 0.4) is 0 Å². The first-order chi connectivity index (χ1) is 18.6. The molecule has 202 valence electrons. The number of alkyl halides is 3. The Morgan fingerprint density at radius 1 is 1.13 bits per heavy atom.